The third-order valence-corrected chi connectivity index (χ3v) is 2.67. The molecule has 0 saturated carbocycles. The molecule has 1 N–H and O–H groups in total. The van der Waals surface area contributed by atoms with Gasteiger partial charge in [0.15, 0.2) is 0 Å². The Morgan fingerprint density at radius 1 is 1.16 bits per heavy atom. The highest BCUT2D eigenvalue weighted by atomic mass is 35.5. The number of ether oxygens (including phenoxy) is 1. The number of nitrogens with zero attached hydrogens (tertiary/aromatic N) is 2. The van der Waals surface area contributed by atoms with Crippen LogP contribution in [0.3, 0.4) is 0 Å². The van der Waals surface area contributed by atoms with E-state index in [9.17, 15) is 9.59 Å². The normalized spacial score (nSPS) is 16.7. The van der Waals surface area contributed by atoms with E-state index in [1.165, 1.54) is 0 Å². The molecular weight excluding hydrogens is 272 g/mol. The molecule has 1 aliphatic rings. The van der Waals surface area contributed by atoms with Crippen molar-refractivity contribution in [1.29, 1.82) is 0 Å². The molecule has 0 aliphatic carbocycles. The van der Waals surface area contributed by atoms with Crippen molar-refractivity contribution in [2.45, 2.75) is 32.8 Å². The number of amides is 1. The quantitative estimate of drug-likeness (QED) is 0.853. The average Bonchev–Trinajstić information content (AvgIpc) is 2.24. The van der Waals surface area contributed by atoms with Crippen molar-refractivity contribution < 1.29 is 19.4 Å². The van der Waals surface area contributed by atoms with E-state index in [4.69, 9.17) is 9.84 Å². The van der Waals surface area contributed by atoms with E-state index < -0.39 is 11.6 Å². The summed E-state index contributed by atoms with van der Waals surface area (Å²) in [6.07, 6.45) is -0.146. The van der Waals surface area contributed by atoms with Crippen LogP contribution in [0.15, 0.2) is 0 Å². The molecule has 112 valence electrons. The van der Waals surface area contributed by atoms with Gasteiger partial charge in [-0.05, 0) is 20.8 Å². The van der Waals surface area contributed by atoms with Crippen LogP contribution in [0.2, 0.25) is 0 Å². The van der Waals surface area contributed by atoms with Crippen molar-refractivity contribution in [3.63, 3.8) is 0 Å². The highest BCUT2D eigenvalue weighted by Gasteiger charge is 2.25. The molecule has 19 heavy (non-hydrogen) atoms. The number of piperazine rings is 1. The lowest BCUT2D eigenvalue weighted by Crippen LogP contribution is -2.50. The number of carboxylic acid groups (broad SMARTS) is 1. The summed E-state index contributed by atoms with van der Waals surface area (Å²) in [5.74, 6) is -0.787. The van der Waals surface area contributed by atoms with E-state index >= 15 is 0 Å². The Labute approximate surface area is 120 Å². The van der Waals surface area contributed by atoms with E-state index in [2.05, 4.69) is 4.90 Å². The second-order valence-electron chi connectivity index (χ2n) is 5.45. The first-order chi connectivity index (χ1) is 8.28. The number of carbonyl (C=O) groups excluding carboxylic acids is 1. The molecule has 0 bridgehead atoms. The summed E-state index contributed by atoms with van der Waals surface area (Å²) < 4.78 is 5.28. The smallest absolute Gasteiger partial charge is 0.410 e. The second-order valence-corrected chi connectivity index (χ2v) is 5.45. The molecule has 7 heteroatoms. The van der Waals surface area contributed by atoms with Crippen LogP contribution < -0.4 is 0 Å². The van der Waals surface area contributed by atoms with Gasteiger partial charge in [0.2, 0.25) is 0 Å². The predicted molar refractivity (Wildman–Crippen MR) is 73.7 cm³/mol. The van der Waals surface area contributed by atoms with Crippen LogP contribution in [-0.4, -0.2) is 65.3 Å². The standard InChI is InChI=1S/C12H22N2O4.ClH/c1-12(2,3)18-11(17)14-8-6-13(7-9-14)5-4-10(15)16;/h4-9H2,1-3H3,(H,15,16);1H. The highest BCUT2D eigenvalue weighted by Crippen LogP contribution is 2.11. The lowest BCUT2D eigenvalue weighted by atomic mass is 10.2. The second kappa shape index (κ2) is 7.55. The molecule has 1 amide bonds. The van der Waals surface area contributed by atoms with Gasteiger partial charge in [-0.15, -0.1) is 12.4 Å². The first-order valence-corrected chi connectivity index (χ1v) is 6.20. The van der Waals surface area contributed by atoms with Gasteiger partial charge in [0, 0.05) is 32.7 Å². The van der Waals surface area contributed by atoms with Gasteiger partial charge >= 0.3 is 12.1 Å². The predicted octanol–water partition coefficient (Wildman–Crippen LogP) is 1.44. The van der Waals surface area contributed by atoms with Crippen LogP contribution in [0, 0.1) is 0 Å². The minimum Gasteiger partial charge on any atom is -0.481 e. The molecule has 1 heterocycles. The van der Waals surface area contributed by atoms with Crippen LogP contribution in [0.4, 0.5) is 4.79 Å². The Bertz CT molecular complexity index is 309. The lowest BCUT2D eigenvalue weighted by molar-refractivity contribution is -0.137. The van der Waals surface area contributed by atoms with Crippen molar-refractivity contribution in [1.82, 2.24) is 9.80 Å². The monoisotopic (exact) mass is 294 g/mol. The fourth-order valence-corrected chi connectivity index (χ4v) is 1.73. The Balaban J connectivity index is 0.00000324. The minimum atomic E-state index is -0.787. The Hall–Kier alpha value is -1.01. The molecule has 0 spiro atoms. The summed E-state index contributed by atoms with van der Waals surface area (Å²) in [5.41, 5.74) is -0.475. The summed E-state index contributed by atoms with van der Waals surface area (Å²) in [7, 11) is 0. The topological polar surface area (TPSA) is 70.1 Å². The summed E-state index contributed by atoms with van der Waals surface area (Å²) >= 11 is 0. The molecule has 0 unspecified atom stereocenters. The van der Waals surface area contributed by atoms with E-state index in [0.29, 0.717) is 32.7 Å². The number of rotatable bonds is 3. The first-order valence-electron chi connectivity index (χ1n) is 6.20. The van der Waals surface area contributed by atoms with Crippen LogP contribution in [0.25, 0.3) is 0 Å². The Morgan fingerprint density at radius 3 is 2.11 bits per heavy atom. The molecule has 0 aromatic rings. The largest absolute Gasteiger partial charge is 0.481 e. The number of hydrogen-bond acceptors (Lipinski definition) is 4. The molecule has 6 nitrogen and oxygen atoms in total. The van der Waals surface area contributed by atoms with Crippen LogP contribution in [0.1, 0.15) is 27.2 Å². The van der Waals surface area contributed by atoms with Crippen LogP contribution in [-0.2, 0) is 9.53 Å². The van der Waals surface area contributed by atoms with E-state index in [0.717, 1.165) is 0 Å². The SMILES string of the molecule is CC(C)(C)OC(=O)N1CCN(CCC(=O)O)CC1.Cl. The number of halogens is 1. The van der Waals surface area contributed by atoms with Crippen molar-refractivity contribution in [3.05, 3.63) is 0 Å². The number of hydrogen-bond donors (Lipinski definition) is 1. The zero-order valence-electron chi connectivity index (χ0n) is 11.7. The summed E-state index contributed by atoms with van der Waals surface area (Å²) in [6, 6.07) is 0. The van der Waals surface area contributed by atoms with Gasteiger partial charge in [-0.1, -0.05) is 0 Å². The maximum atomic E-state index is 11.8. The summed E-state index contributed by atoms with van der Waals surface area (Å²) in [5, 5.41) is 8.60. The Kier molecular flexibility index (Phi) is 7.15. The fraction of sp³-hybridized carbons (Fsp3) is 0.833. The fourth-order valence-electron chi connectivity index (χ4n) is 1.73. The number of carboxylic acids is 1. The maximum Gasteiger partial charge on any atom is 0.410 e. The summed E-state index contributed by atoms with van der Waals surface area (Å²) in [6.45, 7) is 8.65. The maximum absolute atomic E-state index is 11.8. The van der Waals surface area contributed by atoms with E-state index in [1.807, 2.05) is 20.8 Å². The molecular formula is C12H23ClN2O4. The lowest BCUT2D eigenvalue weighted by Gasteiger charge is -2.35. The molecule has 0 atom stereocenters. The zero-order valence-corrected chi connectivity index (χ0v) is 12.5. The van der Waals surface area contributed by atoms with Gasteiger partial charge in [0.1, 0.15) is 5.60 Å². The van der Waals surface area contributed by atoms with Crippen molar-refractivity contribution in [2.75, 3.05) is 32.7 Å². The van der Waals surface area contributed by atoms with Crippen molar-refractivity contribution in [2.24, 2.45) is 0 Å². The highest BCUT2D eigenvalue weighted by molar-refractivity contribution is 5.85. The third kappa shape index (κ3) is 7.22. The van der Waals surface area contributed by atoms with Gasteiger partial charge < -0.3 is 14.7 Å². The molecule has 0 radical (unpaired) electrons. The van der Waals surface area contributed by atoms with E-state index in [1.54, 1.807) is 4.90 Å². The van der Waals surface area contributed by atoms with Gasteiger partial charge in [0.25, 0.3) is 0 Å². The third-order valence-electron chi connectivity index (χ3n) is 2.67. The molecule has 1 rings (SSSR count). The summed E-state index contributed by atoms with van der Waals surface area (Å²) in [4.78, 5) is 26.0. The molecule has 1 saturated heterocycles. The van der Waals surface area contributed by atoms with Gasteiger partial charge in [-0.3, -0.25) is 9.69 Å². The number of carbonyl (C=O) groups is 2. The van der Waals surface area contributed by atoms with Crippen LogP contribution in [0.5, 0.6) is 0 Å². The molecule has 1 fully saturated rings. The molecule has 0 aromatic carbocycles. The minimum absolute atomic E-state index is 0. The first kappa shape index (κ1) is 18.0. The van der Waals surface area contributed by atoms with Crippen LogP contribution >= 0.6 is 12.4 Å². The van der Waals surface area contributed by atoms with Gasteiger partial charge in [-0.2, -0.15) is 0 Å². The zero-order chi connectivity index (χ0) is 13.8. The van der Waals surface area contributed by atoms with E-state index in [-0.39, 0.29) is 24.9 Å². The van der Waals surface area contributed by atoms with Gasteiger partial charge in [-0.25, -0.2) is 4.79 Å². The Morgan fingerprint density at radius 2 is 1.68 bits per heavy atom. The molecule has 1 aliphatic heterocycles. The van der Waals surface area contributed by atoms with Gasteiger partial charge in [0.05, 0.1) is 6.42 Å². The number of aliphatic carboxylic acids is 1. The van der Waals surface area contributed by atoms with Crippen molar-refractivity contribution >= 4 is 24.5 Å². The van der Waals surface area contributed by atoms with Crippen molar-refractivity contribution in [3.8, 4) is 0 Å². The average molecular weight is 295 g/mol. The molecule has 0 aromatic heterocycles.